The third-order valence-corrected chi connectivity index (χ3v) is 24.9. The molecule has 14 aromatic carbocycles. The summed E-state index contributed by atoms with van der Waals surface area (Å²) in [5.74, 6) is 1.41. The number of nitrogens with zero attached hydrogens (tertiary/aromatic N) is 3. The first-order chi connectivity index (χ1) is 61.7. The van der Waals surface area contributed by atoms with Gasteiger partial charge >= 0.3 is 0 Å². The summed E-state index contributed by atoms with van der Waals surface area (Å²) in [4.78, 5) is 3.07. The smallest absolute Gasteiger partial charge is 0.176 e. The van der Waals surface area contributed by atoms with E-state index in [1.807, 2.05) is 48.5 Å². The molecule has 0 unspecified atom stereocenters. The lowest BCUT2D eigenvalue weighted by Crippen LogP contribution is -2.73. The fraction of sp³-hybridized carbons (Fsp3) is 0.236. The summed E-state index contributed by atoms with van der Waals surface area (Å²) >= 11 is 0. The largest absolute Gasteiger partial charge is 0.497 e. The second kappa shape index (κ2) is 41.8. The maximum atomic E-state index is 15.3. The molecule has 1 saturated heterocycles. The van der Waals surface area contributed by atoms with Gasteiger partial charge in [0.1, 0.15) is 48.1 Å². The van der Waals surface area contributed by atoms with Crippen molar-refractivity contribution in [2.75, 3.05) is 33.9 Å². The summed E-state index contributed by atoms with van der Waals surface area (Å²) in [7, 11) is 3.34. The maximum Gasteiger partial charge on any atom is 0.176 e. The van der Waals surface area contributed by atoms with E-state index in [0.29, 0.717) is 31.1 Å². The number of nitrogens with one attached hydrogen (secondary N) is 4. The van der Waals surface area contributed by atoms with Crippen LogP contribution in [0.3, 0.4) is 0 Å². The van der Waals surface area contributed by atoms with Crippen LogP contribution in [0.25, 0.3) is 10.4 Å². The third kappa shape index (κ3) is 19.1. The van der Waals surface area contributed by atoms with Gasteiger partial charge < -0.3 is 38.3 Å². The van der Waals surface area contributed by atoms with Crippen molar-refractivity contribution in [2.45, 2.75) is 129 Å². The zero-order valence-corrected chi connectivity index (χ0v) is 70.8. The molecule has 1 aliphatic heterocycles. The molecule has 2 aliphatic rings. The molecule has 10 atom stereocenters. The van der Waals surface area contributed by atoms with Crippen LogP contribution in [0.15, 0.2) is 418 Å². The lowest BCUT2D eigenvalue weighted by Gasteiger charge is -2.54. The zero-order valence-electron chi connectivity index (χ0n) is 70.8. The Kier molecular flexibility index (Phi) is 28.8. The van der Waals surface area contributed by atoms with Crippen molar-refractivity contribution in [1.29, 1.82) is 0 Å². The zero-order chi connectivity index (χ0) is 85.4. The molecule has 15 heteroatoms. The van der Waals surface area contributed by atoms with Gasteiger partial charge in [-0.25, -0.2) is 0 Å². The molecule has 2 fully saturated rings. The van der Waals surface area contributed by atoms with Crippen molar-refractivity contribution in [3.8, 4) is 11.5 Å². The van der Waals surface area contributed by atoms with E-state index in [1.54, 1.807) is 14.2 Å². The number of unbranched alkanes of at least 4 members (excludes halogenated alkanes) is 3. The molecule has 0 bridgehead atoms. The minimum Gasteiger partial charge on any atom is -0.497 e. The SMILES string of the molecule is COc1ccc(CO[C@@H]2[C@@H](NC(c3ccccc3)(c3ccccc3)c3ccccc3)[C@@H](O[C@H]3[C@H](O)[C@@H](OCc4ccc(OC)cc4)[C@H](NC(c4ccccc4)(c4ccccc4)c4ccccc4)C[C@@H]3NC(c3ccccc3)(c3ccccc3)c3ccccc3)O[C@H](CNC(c3ccccc3)(c3ccccc3)c3ccccc3)[C@H]2OCCCCCCN=[N+]=[N-])cc1. The molecule has 0 amide bonds. The van der Waals surface area contributed by atoms with Crippen LogP contribution in [0.4, 0.5) is 0 Å². The molecule has 1 heterocycles. The van der Waals surface area contributed by atoms with Crippen LogP contribution in [0.1, 0.15) is 110 Å². The number of aliphatic hydroxyl groups is 1. The Balaban J connectivity index is 0.956. The Labute approximate surface area is 735 Å². The van der Waals surface area contributed by atoms with Gasteiger partial charge in [0.05, 0.1) is 55.6 Å². The molecule has 632 valence electrons. The average Bonchev–Trinajstić information content (AvgIpc) is 0.733. The van der Waals surface area contributed by atoms with Crippen LogP contribution in [0.2, 0.25) is 0 Å². The van der Waals surface area contributed by atoms with Crippen molar-refractivity contribution in [3.05, 3.63) is 501 Å². The van der Waals surface area contributed by atoms with E-state index >= 15 is 5.11 Å². The summed E-state index contributed by atoms with van der Waals surface area (Å²) in [6.07, 6.45) is -4.60. The van der Waals surface area contributed by atoms with Crippen molar-refractivity contribution in [1.82, 2.24) is 21.3 Å². The van der Waals surface area contributed by atoms with Gasteiger partial charge in [-0.2, -0.15) is 0 Å². The minimum atomic E-state index is -1.49. The monoisotopic (exact) mass is 1660 g/mol. The quantitative estimate of drug-likeness (QED) is 0.00810. The first-order valence-corrected chi connectivity index (χ1v) is 43.6. The summed E-state index contributed by atoms with van der Waals surface area (Å²) in [5.41, 5.74) is 18.3. The first kappa shape index (κ1) is 86.1. The van der Waals surface area contributed by atoms with Crippen molar-refractivity contribution >= 4 is 0 Å². The lowest BCUT2D eigenvalue weighted by atomic mass is 9.72. The molecular weight excluding hydrogens is 1550 g/mol. The van der Waals surface area contributed by atoms with Crippen molar-refractivity contribution < 1.29 is 38.3 Å². The van der Waals surface area contributed by atoms with Crippen LogP contribution in [0.5, 0.6) is 11.5 Å². The summed E-state index contributed by atoms with van der Waals surface area (Å²) in [6, 6.07) is 141. The maximum absolute atomic E-state index is 15.3. The number of azide groups is 1. The number of hydrogen-bond acceptors (Lipinski definition) is 13. The molecule has 5 N–H and O–H groups in total. The highest BCUT2D eigenvalue weighted by atomic mass is 16.7. The van der Waals surface area contributed by atoms with E-state index in [2.05, 4.69) is 395 Å². The highest BCUT2D eigenvalue weighted by molar-refractivity contribution is 5.55. The number of benzene rings is 14. The summed E-state index contributed by atoms with van der Waals surface area (Å²) < 4.78 is 52.2. The van der Waals surface area contributed by atoms with Gasteiger partial charge in [0, 0.05) is 36.7 Å². The van der Waals surface area contributed by atoms with E-state index in [-0.39, 0.29) is 26.2 Å². The van der Waals surface area contributed by atoms with E-state index < -0.39 is 83.2 Å². The standard InChI is InChI=1S/C110H109N7O8/c1-119-95-71-67-81(68-72-95)79-122-102-97(114-108(86-49-23-8-24-50-86,87-51-25-9-26-52-87)88-53-27-10-28-54-88)77-98(115-109(89-55-29-11-30-56-89,90-57-31-12-32-58-90)91-59-33-13-34-60-91)103(101(102)118)125-106-100(116-110(92-61-35-14-36-62-92,93-63-37-15-38-64-93)94-65-39-16-40-66-94)105(123-80-82-69-73-96(120-2)74-70-82)104(121-76-42-4-3-41-75-113-117-111)99(124-106)78-112-107(83-43-17-5-18-44-83,84-45-19-6-20-46-84)85-47-21-7-22-48-85/h5-40,43-74,97-106,112,114-116,118H,3-4,41-42,75-80H2,1-2H3/t97-,98+,99-,100-,101-,102+,103-,104-,105-,106-/m1/s1. The Morgan fingerprint density at radius 3 is 0.960 bits per heavy atom. The molecule has 15 nitrogen and oxygen atoms in total. The minimum absolute atomic E-state index is 0.0946. The molecule has 14 aromatic rings. The van der Waals surface area contributed by atoms with Crippen molar-refractivity contribution in [3.63, 3.8) is 0 Å². The Hall–Kier alpha value is -12.4. The number of hydrogen-bond donors (Lipinski definition) is 5. The number of rotatable bonds is 39. The van der Waals surface area contributed by atoms with Crippen LogP contribution in [-0.2, 0) is 59.1 Å². The lowest BCUT2D eigenvalue weighted by molar-refractivity contribution is -0.309. The summed E-state index contributed by atoms with van der Waals surface area (Å²) in [5, 5.41) is 37.0. The van der Waals surface area contributed by atoms with E-state index in [9.17, 15) is 5.53 Å². The number of ether oxygens (including phenoxy) is 7. The highest BCUT2D eigenvalue weighted by Gasteiger charge is 2.58. The fourth-order valence-corrected chi connectivity index (χ4v) is 18.9. The molecule has 1 aliphatic carbocycles. The Morgan fingerprint density at radius 2 is 0.640 bits per heavy atom. The van der Waals surface area contributed by atoms with Gasteiger partial charge in [0.2, 0.25) is 0 Å². The van der Waals surface area contributed by atoms with E-state index in [0.717, 1.165) is 97.2 Å². The van der Waals surface area contributed by atoms with Crippen LogP contribution < -0.4 is 30.7 Å². The highest BCUT2D eigenvalue weighted by Crippen LogP contribution is 2.47. The van der Waals surface area contributed by atoms with E-state index in [4.69, 9.17) is 33.2 Å². The van der Waals surface area contributed by atoms with Crippen LogP contribution in [-0.4, -0.2) is 100 Å². The Bertz CT molecular complexity index is 5210. The molecule has 0 spiro atoms. The normalized spacial score (nSPS) is 19.2. The second-order valence-corrected chi connectivity index (χ2v) is 32.3. The molecular formula is C110H109N7O8. The summed E-state index contributed by atoms with van der Waals surface area (Å²) in [6.45, 7) is 1.06. The molecule has 1 saturated carbocycles. The Morgan fingerprint density at radius 1 is 0.344 bits per heavy atom. The number of methoxy groups -OCH3 is 2. The molecule has 125 heavy (non-hydrogen) atoms. The van der Waals surface area contributed by atoms with Gasteiger partial charge in [-0.1, -0.05) is 406 Å². The molecule has 0 aromatic heterocycles. The van der Waals surface area contributed by atoms with Gasteiger partial charge in [0.15, 0.2) is 6.29 Å². The number of aliphatic hydroxyl groups excluding tert-OH is 1. The van der Waals surface area contributed by atoms with E-state index in [1.165, 1.54) is 0 Å². The van der Waals surface area contributed by atoms with Gasteiger partial charge in [-0.05, 0) is 127 Å². The van der Waals surface area contributed by atoms with Crippen molar-refractivity contribution in [2.24, 2.45) is 5.11 Å². The fourth-order valence-electron chi connectivity index (χ4n) is 18.9. The van der Waals surface area contributed by atoms with Crippen LogP contribution in [0, 0.1) is 0 Å². The van der Waals surface area contributed by atoms with Crippen LogP contribution >= 0.6 is 0 Å². The average molecular weight is 1660 g/mol. The molecule has 16 rings (SSSR count). The molecule has 0 radical (unpaired) electrons. The first-order valence-electron chi connectivity index (χ1n) is 43.6. The van der Waals surface area contributed by atoms with Gasteiger partial charge in [-0.15, -0.1) is 0 Å². The second-order valence-electron chi connectivity index (χ2n) is 32.3. The predicted octanol–water partition coefficient (Wildman–Crippen LogP) is 20.7. The topological polar surface area (TPSA) is 182 Å². The predicted molar refractivity (Wildman–Crippen MR) is 495 cm³/mol. The van der Waals surface area contributed by atoms with Gasteiger partial charge in [-0.3, -0.25) is 21.3 Å². The van der Waals surface area contributed by atoms with Gasteiger partial charge in [0.25, 0.3) is 0 Å². The third-order valence-electron chi connectivity index (χ3n) is 24.9.